The number of pyridine rings is 1. The Balaban J connectivity index is 1.46. The lowest BCUT2D eigenvalue weighted by molar-refractivity contribution is -0.142. The van der Waals surface area contributed by atoms with E-state index in [1.165, 1.54) is 30.3 Å². The summed E-state index contributed by atoms with van der Waals surface area (Å²) in [5.74, 6) is -6.34. The van der Waals surface area contributed by atoms with Crippen molar-refractivity contribution in [2.75, 3.05) is 13.6 Å². The summed E-state index contributed by atoms with van der Waals surface area (Å²) in [5, 5.41) is 26.8. The van der Waals surface area contributed by atoms with Gasteiger partial charge in [-0.25, -0.2) is 9.37 Å². The van der Waals surface area contributed by atoms with Crippen molar-refractivity contribution in [2.45, 2.75) is 29.3 Å². The summed E-state index contributed by atoms with van der Waals surface area (Å²) in [6.45, 7) is 0.611. The topological polar surface area (TPSA) is 155 Å². The Bertz CT molecular complexity index is 1870. The minimum Gasteiger partial charge on any atom is -0.485 e. The maximum Gasteiger partial charge on any atom is 0.317 e. The molecule has 0 saturated carbocycles. The van der Waals surface area contributed by atoms with Crippen LogP contribution in [0.15, 0.2) is 82.8 Å². The average molecular weight is 661 g/mol. The van der Waals surface area contributed by atoms with E-state index in [1.54, 1.807) is 19.3 Å². The largest absolute Gasteiger partial charge is 0.485 e. The van der Waals surface area contributed by atoms with E-state index >= 15 is 8.78 Å². The van der Waals surface area contributed by atoms with Gasteiger partial charge in [0.1, 0.15) is 23.8 Å². The van der Waals surface area contributed by atoms with Crippen molar-refractivity contribution in [3.05, 3.63) is 101 Å². The Morgan fingerprint density at radius 1 is 1.06 bits per heavy atom. The van der Waals surface area contributed by atoms with Gasteiger partial charge in [-0.2, -0.15) is 9.65 Å². The third-order valence-corrected chi connectivity index (χ3v) is 8.01. The van der Waals surface area contributed by atoms with E-state index in [2.05, 4.69) is 9.98 Å². The summed E-state index contributed by atoms with van der Waals surface area (Å²) < 4.78 is 48.4. The van der Waals surface area contributed by atoms with Crippen LogP contribution in [0.25, 0.3) is 0 Å². The number of aromatic nitrogens is 1. The van der Waals surface area contributed by atoms with E-state index < -0.39 is 53.0 Å². The summed E-state index contributed by atoms with van der Waals surface area (Å²) in [7, 11) is 1.76. The molecule has 2 atom stereocenters. The van der Waals surface area contributed by atoms with Crippen LogP contribution in [0.1, 0.15) is 29.3 Å². The Labute approximate surface area is 271 Å². The Kier molecular flexibility index (Phi) is 10.3. The highest BCUT2D eigenvalue weighted by molar-refractivity contribution is 8.00. The van der Waals surface area contributed by atoms with Gasteiger partial charge in [0.2, 0.25) is 11.6 Å². The molecule has 3 aromatic carbocycles. The molecular weight excluding hydrogens is 634 g/mol. The van der Waals surface area contributed by atoms with Gasteiger partial charge in [0, 0.05) is 29.3 Å². The molecule has 47 heavy (non-hydrogen) atoms. The normalized spacial score (nSPS) is 14.7. The predicted molar refractivity (Wildman–Crippen MR) is 166 cm³/mol. The van der Waals surface area contributed by atoms with Crippen LogP contribution in [0.3, 0.4) is 0 Å². The number of nitriles is 1. The maximum atomic E-state index is 15.9. The van der Waals surface area contributed by atoms with Crippen LogP contribution in [-0.2, 0) is 16.2 Å². The van der Waals surface area contributed by atoms with Gasteiger partial charge in [-0.1, -0.05) is 30.3 Å². The van der Waals surface area contributed by atoms with Crippen molar-refractivity contribution in [2.24, 2.45) is 4.99 Å². The lowest BCUT2D eigenvalue weighted by Gasteiger charge is -2.22. The third-order valence-electron chi connectivity index (χ3n) is 6.83. The molecule has 1 aliphatic rings. The van der Waals surface area contributed by atoms with E-state index in [0.717, 1.165) is 23.5 Å². The number of thioether (sulfide) groups is 1. The van der Waals surface area contributed by atoms with Gasteiger partial charge in [0.05, 0.1) is 24.3 Å². The molecule has 0 amide bonds. The second-order valence-corrected chi connectivity index (χ2v) is 11.5. The van der Waals surface area contributed by atoms with Gasteiger partial charge in [0.25, 0.3) is 5.88 Å². The SMILES string of the molecule is CN1CC=NC1c1cc(SC(CC(=O)O)C(=O)O)ccc1Oc1c(F)cnc(Oc2cc(C#N)ccc2OCc2ccccc2)c1F. The molecule has 2 unspecified atom stereocenters. The average Bonchev–Trinajstić information content (AvgIpc) is 3.49. The molecule has 2 N–H and O–H groups in total. The third kappa shape index (κ3) is 8.01. The summed E-state index contributed by atoms with van der Waals surface area (Å²) in [4.78, 5) is 33.2. The van der Waals surface area contributed by atoms with Crippen LogP contribution in [0.4, 0.5) is 8.78 Å². The van der Waals surface area contributed by atoms with Crippen LogP contribution in [0.2, 0.25) is 0 Å². The van der Waals surface area contributed by atoms with Gasteiger partial charge in [-0.15, -0.1) is 11.8 Å². The molecule has 4 aromatic rings. The molecule has 0 spiro atoms. The van der Waals surface area contributed by atoms with Crippen LogP contribution < -0.4 is 14.2 Å². The Morgan fingerprint density at radius 3 is 2.51 bits per heavy atom. The minimum atomic E-state index is -1.31. The Morgan fingerprint density at radius 2 is 1.83 bits per heavy atom. The van der Waals surface area contributed by atoms with Crippen molar-refractivity contribution < 1.29 is 42.8 Å². The van der Waals surface area contributed by atoms with E-state index in [9.17, 15) is 20.0 Å². The number of ether oxygens (including phenoxy) is 3. The monoisotopic (exact) mass is 660 g/mol. The maximum absolute atomic E-state index is 15.9. The van der Waals surface area contributed by atoms with Crippen molar-refractivity contribution in [3.63, 3.8) is 0 Å². The molecular formula is C33H26F2N4O7S. The van der Waals surface area contributed by atoms with E-state index in [0.29, 0.717) is 17.0 Å². The van der Waals surface area contributed by atoms with Gasteiger partial charge < -0.3 is 24.4 Å². The molecule has 1 aliphatic heterocycles. The zero-order valence-electron chi connectivity index (χ0n) is 24.7. The summed E-state index contributed by atoms with van der Waals surface area (Å²) in [6, 6.07) is 19.9. The number of carboxylic acids is 2. The zero-order valence-corrected chi connectivity index (χ0v) is 25.5. The van der Waals surface area contributed by atoms with E-state index in [-0.39, 0.29) is 29.4 Å². The number of carboxylic acid groups (broad SMARTS) is 2. The highest BCUT2D eigenvalue weighted by Gasteiger charge is 2.28. The number of carbonyl (C=O) groups is 2. The number of hydrogen-bond acceptors (Lipinski definition) is 10. The molecule has 5 rings (SSSR count). The van der Waals surface area contributed by atoms with E-state index in [1.807, 2.05) is 41.3 Å². The van der Waals surface area contributed by atoms with Gasteiger partial charge in [-0.05, 0) is 42.9 Å². The predicted octanol–water partition coefficient (Wildman–Crippen LogP) is 6.43. The fraction of sp³-hybridized carbons (Fsp3) is 0.182. The number of rotatable bonds is 13. The van der Waals surface area contributed by atoms with Gasteiger partial charge >= 0.3 is 11.9 Å². The molecule has 2 heterocycles. The van der Waals surface area contributed by atoms with Crippen molar-refractivity contribution in [1.29, 1.82) is 5.26 Å². The lowest BCUT2D eigenvalue weighted by atomic mass is 10.1. The van der Waals surface area contributed by atoms with Crippen LogP contribution in [0.5, 0.6) is 28.9 Å². The first-order valence-electron chi connectivity index (χ1n) is 14.0. The smallest absolute Gasteiger partial charge is 0.317 e. The molecule has 0 bridgehead atoms. The standard InChI is InChI=1S/C33H26F2N4O7S/c1-39-12-11-37-31(39)22-14-21(47-27(33(42)43)15-28(40)41)8-10-24(22)45-30-23(34)17-38-32(29(30)35)46-26-13-20(16-36)7-9-25(26)44-18-19-5-3-2-4-6-19/h2-11,13-14,17,27,31H,12,15,18H2,1H3,(H,40,41)(H,42,43). The quantitative estimate of drug-likeness (QED) is 0.153. The van der Waals surface area contributed by atoms with E-state index in [4.69, 9.17) is 19.3 Å². The first kappa shape index (κ1) is 32.9. The van der Waals surface area contributed by atoms with Gasteiger partial charge in [-0.3, -0.25) is 19.5 Å². The van der Waals surface area contributed by atoms with Crippen molar-refractivity contribution >= 4 is 29.9 Å². The molecule has 0 aliphatic carbocycles. The second kappa shape index (κ2) is 14.7. The van der Waals surface area contributed by atoms with Crippen LogP contribution in [0, 0.1) is 23.0 Å². The lowest BCUT2D eigenvalue weighted by Crippen LogP contribution is -2.21. The molecule has 0 radical (unpaired) electrons. The fourth-order valence-corrected chi connectivity index (χ4v) is 5.52. The highest BCUT2D eigenvalue weighted by Crippen LogP contribution is 2.41. The molecule has 11 nitrogen and oxygen atoms in total. The highest BCUT2D eigenvalue weighted by atomic mass is 32.2. The Hall–Kier alpha value is -5.52. The summed E-state index contributed by atoms with van der Waals surface area (Å²) >= 11 is 0.812. The molecule has 0 fully saturated rings. The number of hydrogen-bond donors (Lipinski definition) is 2. The summed E-state index contributed by atoms with van der Waals surface area (Å²) in [5.41, 5.74) is 1.40. The number of benzene rings is 3. The van der Waals surface area contributed by atoms with Gasteiger partial charge in [0.15, 0.2) is 17.3 Å². The van der Waals surface area contributed by atoms with Crippen molar-refractivity contribution in [1.82, 2.24) is 9.88 Å². The first-order valence-corrected chi connectivity index (χ1v) is 14.9. The first-order chi connectivity index (χ1) is 22.6. The molecule has 1 aromatic heterocycles. The summed E-state index contributed by atoms with van der Waals surface area (Å²) in [6.07, 6.45) is 1.10. The number of nitrogens with zero attached hydrogens (tertiary/aromatic N) is 4. The minimum absolute atomic E-state index is 0.00340. The fourth-order valence-electron chi connectivity index (χ4n) is 4.53. The number of aliphatic carboxylic acids is 2. The molecule has 240 valence electrons. The number of aliphatic imine (C=N–C) groups is 1. The van der Waals surface area contributed by atoms with Crippen LogP contribution in [-0.4, -0.2) is 57.1 Å². The van der Waals surface area contributed by atoms with Crippen LogP contribution >= 0.6 is 11.8 Å². The van der Waals surface area contributed by atoms with Crippen molar-refractivity contribution in [3.8, 4) is 34.9 Å². The zero-order chi connectivity index (χ0) is 33.5. The second-order valence-electron chi connectivity index (χ2n) is 10.2. The molecule has 14 heteroatoms. The number of halogens is 2. The molecule has 0 saturated heterocycles.